The summed E-state index contributed by atoms with van der Waals surface area (Å²) in [6.45, 7) is 4.87. The standard InChI is InChI=1S/C15H24O4/c1-15(2,18-4)9-10-19-11-14(16)12-5-7-13(17-3)8-6-12/h5-8,14,16H,9-11H2,1-4H3. The first kappa shape index (κ1) is 16.0. The van der Waals surface area contributed by atoms with E-state index in [1.807, 2.05) is 38.1 Å². The molecule has 1 aromatic rings. The molecule has 0 spiro atoms. The molecule has 0 aliphatic heterocycles. The van der Waals surface area contributed by atoms with Gasteiger partial charge in [0.2, 0.25) is 0 Å². The van der Waals surface area contributed by atoms with Crippen LogP contribution in [0.3, 0.4) is 0 Å². The SMILES string of the molecule is COc1ccc(C(O)COCCC(C)(C)OC)cc1. The number of aliphatic hydroxyl groups is 1. The highest BCUT2D eigenvalue weighted by molar-refractivity contribution is 5.28. The summed E-state index contributed by atoms with van der Waals surface area (Å²) in [5.41, 5.74) is 0.636. The van der Waals surface area contributed by atoms with E-state index in [1.54, 1.807) is 14.2 Å². The molecule has 4 nitrogen and oxygen atoms in total. The molecule has 1 N–H and O–H groups in total. The minimum Gasteiger partial charge on any atom is -0.497 e. The second-order valence-corrected chi connectivity index (χ2v) is 5.08. The summed E-state index contributed by atoms with van der Waals surface area (Å²) in [6, 6.07) is 7.33. The fourth-order valence-electron chi connectivity index (χ4n) is 1.54. The Kier molecular flexibility index (Phi) is 6.28. The number of rotatable bonds is 8. The van der Waals surface area contributed by atoms with Gasteiger partial charge >= 0.3 is 0 Å². The fourth-order valence-corrected chi connectivity index (χ4v) is 1.54. The highest BCUT2D eigenvalue weighted by atomic mass is 16.5. The van der Waals surface area contributed by atoms with Crippen molar-refractivity contribution in [3.8, 4) is 5.75 Å². The average Bonchev–Trinajstić information content (AvgIpc) is 2.43. The van der Waals surface area contributed by atoms with Crippen molar-refractivity contribution in [1.29, 1.82) is 0 Å². The summed E-state index contributed by atoms with van der Waals surface area (Å²) in [7, 11) is 3.30. The van der Waals surface area contributed by atoms with Crippen LogP contribution < -0.4 is 4.74 Å². The lowest BCUT2D eigenvalue weighted by Gasteiger charge is -2.22. The van der Waals surface area contributed by atoms with Crippen LogP contribution in [0, 0.1) is 0 Å². The lowest BCUT2D eigenvalue weighted by molar-refractivity contribution is -0.0249. The zero-order valence-electron chi connectivity index (χ0n) is 12.2. The molecule has 0 aliphatic carbocycles. The molecule has 0 aromatic heterocycles. The predicted molar refractivity (Wildman–Crippen MR) is 74.5 cm³/mol. The van der Waals surface area contributed by atoms with Gasteiger partial charge in [-0.15, -0.1) is 0 Å². The van der Waals surface area contributed by atoms with Gasteiger partial charge in [0.25, 0.3) is 0 Å². The second kappa shape index (κ2) is 7.48. The highest BCUT2D eigenvalue weighted by Gasteiger charge is 2.16. The summed E-state index contributed by atoms with van der Waals surface area (Å²) in [5.74, 6) is 0.777. The van der Waals surface area contributed by atoms with Crippen molar-refractivity contribution in [2.24, 2.45) is 0 Å². The van der Waals surface area contributed by atoms with Crippen LogP contribution in [-0.4, -0.2) is 38.1 Å². The molecule has 108 valence electrons. The van der Waals surface area contributed by atoms with Gasteiger partial charge in [-0.05, 0) is 38.0 Å². The number of hydrogen-bond donors (Lipinski definition) is 1. The first-order chi connectivity index (χ1) is 8.98. The maximum Gasteiger partial charge on any atom is 0.118 e. The lowest BCUT2D eigenvalue weighted by Crippen LogP contribution is -2.25. The Bertz CT molecular complexity index is 359. The molecule has 0 radical (unpaired) electrons. The van der Waals surface area contributed by atoms with Crippen molar-refractivity contribution in [2.45, 2.75) is 32.0 Å². The van der Waals surface area contributed by atoms with Crippen LogP contribution in [0.25, 0.3) is 0 Å². The van der Waals surface area contributed by atoms with E-state index in [1.165, 1.54) is 0 Å². The van der Waals surface area contributed by atoms with E-state index in [2.05, 4.69) is 0 Å². The molecule has 0 saturated heterocycles. The van der Waals surface area contributed by atoms with Crippen molar-refractivity contribution in [3.63, 3.8) is 0 Å². The molecule has 19 heavy (non-hydrogen) atoms. The Labute approximate surface area is 115 Å². The van der Waals surface area contributed by atoms with Crippen LogP contribution in [0.4, 0.5) is 0 Å². The molecular formula is C15H24O4. The summed E-state index contributed by atoms with van der Waals surface area (Å²) in [6.07, 6.45) is 0.176. The number of aliphatic hydroxyl groups excluding tert-OH is 1. The van der Waals surface area contributed by atoms with E-state index >= 15 is 0 Å². The first-order valence-electron chi connectivity index (χ1n) is 6.43. The van der Waals surface area contributed by atoms with Gasteiger partial charge in [0.05, 0.1) is 19.3 Å². The molecule has 4 heteroatoms. The Hall–Kier alpha value is -1.10. The number of methoxy groups -OCH3 is 2. The van der Waals surface area contributed by atoms with Gasteiger partial charge in [-0.2, -0.15) is 0 Å². The van der Waals surface area contributed by atoms with Gasteiger partial charge in [-0.3, -0.25) is 0 Å². The van der Waals surface area contributed by atoms with Crippen molar-refractivity contribution >= 4 is 0 Å². The average molecular weight is 268 g/mol. The molecule has 0 amide bonds. The second-order valence-electron chi connectivity index (χ2n) is 5.08. The van der Waals surface area contributed by atoms with Crippen LogP contribution in [0.5, 0.6) is 5.75 Å². The van der Waals surface area contributed by atoms with Crippen LogP contribution >= 0.6 is 0 Å². The minimum atomic E-state index is -0.614. The Morgan fingerprint density at radius 1 is 1.16 bits per heavy atom. The van der Waals surface area contributed by atoms with Crippen molar-refractivity contribution in [1.82, 2.24) is 0 Å². The van der Waals surface area contributed by atoms with E-state index in [9.17, 15) is 5.11 Å². The molecule has 1 aromatic carbocycles. The Morgan fingerprint density at radius 3 is 2.32 bits per heavy atom. The summed E-state index contributed by atoms with van der Waals surface area (Å²) in [5, 5.41) is 9.97. The molecule has 1 atom stereocenters. The minimum absolute atomic E-state index is 0.189. The normalized spacial score (nSPS) is 13.3. The Morgan fingerprint density at radius 2 is 1.79 bits per heavy atom. The van der Waals surface area contributed by atoms with Gasteiger partial charge in [0.15, 0.2) is 0 Å². The van der Waals surface area contributed by atoms with Gasteiger partial charge in [-0.25, -0.2) is 0 Å². The largest absolute Gasteiger partial charge is 0.497 e. The summed E-state index contributed by atoms with van der Waals surface area (Å²) < 4.78 is 15.9. The van der Waals surface area contributed by atoms with E-state index in [0.29, 0.717) is 6.61 Å². The Balaban J connectivity index is 2.32. The van der Waals surface area contributed by atoms with Crippen LogP contribution in [0.2, 0.25) is 0 Å². The topological polar surface area (TPSA) is 47.9 Å². The van der Waals surface area contributed by atoms with Crippen LogP contribution in [0.1, 0.15) is 31.9 Å². The van der Waals surface area contributed by atoms with Crippen molar-refractivity contribution in [3.05, 3.63) is 29.8 Å². The monoisotopic (exact) mass is 268 g/mol. The molecule has 0 bridgehead atoms. The predicted octanol–water partition coefficient (Wildman–Crippen LogP) is 2.56. The van der Waals surface area contributed by atoms with Crippen LogP contribution in [0.15, 0.2) is 24.3 Å². The van der Waals surface area contributed by atoms with Crippen molar-refractivity contribution in [2.75, 3.05) is 27.4 Å². The highest BCUT2D eigenvalue weighted by Crippen LogP contribution is 2.18. The molecule has 0 aliphatic rings. The first-order valence-corrected chi connectivity index (χ1v) is 6.43. The van der Waals surface area contributed by atoms with E-state index in [0.717, 1.165) is 17.7 Å². The third-order valence-corrected chi connectivity index (χ3v) is 3.18. The maximum atomic E-state index is 9.97. The summed E-state index contributed by atoms with van der Waals surface area (Å²) >= 11 is 0. The smallest absolute Gasteiger partial charge is 0.118 e. The van der Waals surface area contributed by atoms with Crippen LogP contribution in [-0.2, 0) is 9.47 Å². The lowest BCUT2D eigenvalue weighted by atomic mass is 10.1. The number of ether oxygens (including phenoxy) is 3. The fraction of sp³-hybridized carbons (Fsp3) is 0.600. The third-order valence-electron chi connectivity index (χ3n) is 3.18. The molecule has 0 fully saturated rings. The molecule has 1 rings (SSSR count). The molecular weight excluding hydrogens is 244 g/mol. The van der Waals surface area contributed by atoms with Crippen molar-refractivity contribution < 1.29 is 19.3 Å². The van der Waals surface area contributed by atoms with E-state index in [-0.39, 0.29) is 12.2 Å². The van der Waals surface area contributed by atoms with Gasteiger partial charge in [0, 0.05) is 13.7 Å². The van der Waals surface area contributed by atoms with E-state index < -0.39 is 6.10 Å². The van der Waals surface area contributed by atoms with E-state index in [4.69, 9.17) is 14.2 Å². The molecule has 1 unspecified atom stereocenters. The van der Waals surface area contributed by atoms with Gasteiger partial charge in [-0.1, -0.05) is 12.1 Å². The quantitative estimate of drug-likeness (QED) is 0.736. The zero-order valence-corrected chi connectivity index (χ0v) is 12.2. The zero-order chi connectivity index (χ0) is 14.3. The van der Waals surface area contributed by atoms with Gasteiger partial charge < -0.3 is 19.3 Å². The summed E-state index contributed by atoms with van der Waals surface area (Å²) in [4.78, 5) is 0. The van der Waals surface area contributed by atoms with Gasteiger partial charge in [0.1, 0.15) is 11.9 Å². The number of benzene rings is 1. The maximum absolute atomic E-state index is 9.97. The number of hydrogen-bond acceptors (Lipinski definition) is 4. The molecule has 0 heterocycles. The third kappa shape index (κ3) is 5.59. The molecule has 0 saturated carbocycles.